The molecular weight excluding hydrogens is 489 g/mol. The van der Waals surface area contributed by atoms with Crippen LogP contribution in [0, 0.1) is 5.92 Å². The molecule has 2 heterocycles. The Morgan fingerprint density at radius 1 is 1.03 bits per heavy atom. The van der Waals surface area contributed by atoms with E-state index in [1.54, 1.807) is 13.8 Å². The molecule has 7 nitrogen and oxygen atoms in total. The third kappa shape index (κ3) is 6.63. The Hall–Kier alpha value is -3.95. The molecule has 2 aromatic rings. The third-order valence-electron chi connectivity index (χ3n) is 5.78. The minimum Gasteiger partial charge on any atom is -0.465 e. The van der Waals surface area contributed by atoms with Crippen LogP contribution in [0.3, 0.4) is 0 Å². The van der Waals surface area contributed by atoms with Crippen LogP contribution in [0.4, 0.5) is 13.2 Å². The number of allylic oxidation sites excluding steroid dienone is 2. The lowest BCUT2D eigenvalue weighted by atomic mass is 9.73. The molecule has 37 heavy (non-hydrogen) atoms. The van der Waals surface area contributed by atoms with Crippen LogP contribution < -0.4 is 5.32 Å². The predicted molar refractivity (Wildman–Crippen MR) is 128 cm³/mol. The summed E-state index contributed by atoms with van der Waals surface area (Å²) in [5.74, 6) is -4.57. The van der Waals surface area contributed by atoms with Gasteiger partial charge in [0.1, 0.15) is 5.92 Å². The number of rotatable bonds is 8. The zero-order valence-corrected chi connectivity index (χ0v) is 20.6. The van der Waals surface area contributed by atoms with Crippen molar-refractivity contribution in [1.29, 1.82) is 0 Å². The fourth-order valence-electron chi connectivity index (χ4n) is 4.34. The van der Waals surface area contributed by atoms with E-state index in [9.17, 15) is 27.6 Å². The summed E-state index contributed by atoms with van der Waals surface area (Å²) in [6.45, 7) is 4.71. The Morgan fingerprint density at radius 2 is 1.68 bits per heavy atom. The van der Waals surface area contributed by atoms with Crippen molar-refractivity contribution < 1.29 is 37.0 Å². The highest BCUT2D eigenvalue weighted by Gasteiger charge is 2.45. The van der Waals surface area contributed by atoms with E-state index in [2.05, 4.69) is 10.3 Å². The minimum absolute atomic E-state index is 0.0111. The largest absolute Gasteiger partial charge is 0.465 e. The van der Waals surface area contributed by atoms with Gasteiger partial charge in [0.25, 0.3) is 0 Å². The topological polar surface area (TPSA) is 94.6 Å². The lowest BCUT2D eigenvalue weighted by molar-refractivity contribution is -0.147. The third-order valence-corrected chi connectivity index (χ3v) is 5.78. The van der Waals surface area contributed by atoms with Crippen LogP contribution in [0.5, 0.6) is 0 Å². The number of esters is 2. The standard InChI is InChI=1S/C27H27F3N2O5/c1-4-36-25(34)22-16(3)32-20(14-21(33)17-10-12-31-13-11-17)24(26(35)37-5-2)23(22)19-9-7-6-8-18(19)15-27(28,29)30/h6-14,23-24,32H,4-5,15H2,1-3H3/b20-14-/t23-,24-/m1/s1. The fraction of sp³-hybridized carbons (Fsp3) is 0.333. The number of benzene rings is 1. The van der Waals surface area contributed by atoms with Crippen LogP contribution >= 0.6 is 0 Å². The molecule has 0 amide bonds. The first-order valence-corrected chi connectivity index (χ1v) is 11.7. The van der Waals surface area contributed by atoms with Crippen LogP contribution in [-0.2, 0) is 25.5 Å². The molecular formula is C27H27F3N2O5. The molecule has 1 aromatic carbocycles. The normalized spacial score (nSPS) is 18.8. The number of hydrogen-bond acceptors (Lipinski definition) is 7. The first-order chi connectivity index (χ1) is 17.6. The maximum atomic E-state index is 13.5. The van der Waals surface area contributed by atoms with Crippen LogP contribution in [0.2, 0.25) is 0 Å². The van der Waals surface area contributed by atoms with Crippen LogP contribution in [0.25, 0.3) is 0 Å². The fourth-order valence-corrected chi connectivity index (χ4v) is 4.34. The molecule has 0 spiro atoms. The van der Waals surface area contributed by atoms with E-state index in [1.165, 1.54) is 61.8 Å². The quantitative estimate of drug-likeness (QED) is 0.310. The number of hydrogen-bond donors (Lipinski definition) is 1. The van der Waals surface area contributed by atoms with Gasteiger partial charge >= 0.3 is 18.1 Å². The van der Waals surface area contributed by atoms with E-state index in [0.29, 0.717) is 5.56 Å². The van der Waals surface area contributed by atoms with Crippen molar-refractivity contribution in [2.45, 2.75) is 39.3 Å². The molecule has 1 aromatic heterocycles. The predicted octanol–water partition coefficient (Wildman–Crippen LogP) is 4.66. The van der Waals surface area contributed by atoms with E-state index >= 15 is 0 Å². The van der Waals surface area contributed by atoms with Gasteiger partial charge in [0.15, 0.2) is 5.78 Å². The highest BCUT2D eigenvalue weighted by Crippen LogP contribution is 2.44. The average Bonchev–Trinajstić information content (AvgIpc) is 2.83. The van der Waals surface area contributed by atoms with Gasteiger partial charge in [-0.3, -0.25) is 14.6 Å². The molecule has 196 valence electrons. The molecule has 0 unspecified atom stereocenters. The number of ketones is 1. The number of nitrogens with zero attached hydrogens (tertiary/aromatic N) is 1. The van der Waals surface area contributed by atoms with Gasteiger partial charge in [-0.05, 0) is 44.0 Å². The van der Waals surface area contributed by atoms with Crippen LogP contribution in [-0.4, -0.2) is 42.1 Å². The first-order valence-electron chi connectivity index (χ1n) is 11.7. The highest BCUT2D eigenvalue weighted by molar-refractivity contribution is 6.05. The van der Waals surface area contributed by atoms with Gasteiger partial charge < -0.3 is 14.8 Å². The summed E-state index contributed by atoms with van der Waals surface area (Å²) >= 11 is 0. The van der Waals surface area contributed by atoms with Gasteiger partial charge in [0.2, 0.25) is 0 Å². The Labute approximate surface area is 212 Å². The molecule has 1 N–H and O–H groups in total. The number of halogens is 3. The van der Waals surface area contributed by atoms with Crippen LogP contribution in [0.15, 0.2) is 71.8 Å². The number of pyridine rings is 1. The van der Waals surface area contributed by atoms with Crippen molar-refractivity contribution >= 4 is 17.7 Å². The van der Waals surface area contributed by atoms with Gasteiger partial charge in [-0.1, -0.05) is 24.3 Å². The molecule has 2 atom stereocenters. The molecule has 0 radical (unpaired) electrons. The maximum absolute atomic E-state index is 13.5. The number of aromatic nitrogens is 1. The summed E-state index contributed by atoms with van der Waals surface area (Å²) in [5.41, 5.74) is 0.633. The second-order valence-electron chi connectivity index (χ2n) is 8.28. The second kappa shape index (κ2) is 11.9. The van der Waals surface area contributed by atoms with Crippen molar-refractivity contribution in [1.82, 2.24) is 10.3 Å². The summed E-state index contributed by atoms with van der Waals surface area (Å²) < 4.78 is 50.9. The zero-order chi connectivity index (χ0) is 27.2. The maximum Gasteiger partial charge on any atom is 0.393 e. The van der Waals surface area contributed by atoms with Crippen molar-refractivity contribution in [3.63, 3.8) is 0 Å². The Bertz CT molecular complexity index is 1220. The van der Waals surface area contributed by atoms with E-state index in [0.717, 1.165) is 0 Å². The Kier molecular flexibility index (Phi) is 8.86. The summed E-state index contributed by atoms with van der Waals surface area (Å²) in [7, 11) is 0. The highest BCUT2D eigenvalue weighted by atomic mass is 19.4. The number of ether oxygens (including phenoxy) is 2. The van der Waals surface area contributed by atoms with E-state index < -0.39 is 42.2 Å². The minimum atomic E-state index is -4.54. The molecule has 0 bridgehead atoms. The summed E-state index contributed by atoms with van der Waals surface area (Å²) in [5, 5.41) is 2.94. The molecule has 0 aliphatic carbocycles. The van der Waals surface area contributed by atoms with Gasteiger partial charge in [0.05, 0.1) is 25.2 Å². The summed E-state index contributed by atoms with van der Waals surface area (Å²) in [6.07, 6.45) is -1.75. The Balaban J connectivity index is 2.27. The van der Waals surface area contributed by atoms with Crippen molar-refractivity contribution in [3.8, 4) is 0 Å². The molecule has 10 heteroatoms. The van der Waals surface area contributed by atoms with Gasteiger partial charge in [-0.25, -0.2) is 4.79 Å². The van der Waals surface area contributed by atoms with Gasteiger partial charge in [0, 0.05) is 41.3 Å². The molecule has 0 fully saturated rings. The summed E-state index contributed by atoms with van der Waals surface area (Å²) in [6, 6.07) is 8.71. The number of carbonyl (C=O) groups is 3. The lowest BCUT2D eigenvalue weighted by Crippen LogP contribution is -2.41. The average molecular weight is 517 g/mol. The summed E-state index contributed by atoms with van der Waals surface area (Å²) in [4.78, 5) is 43.3. The molecule has 1 aliphatic rings. The SMILES string of the molecule is CCOC(=O)C1=C(C)N/C(=C\C(=O)c2ccncc2)[C@@H](C(=O)OCC)[C@@H]1c1ccccc1CC(F)(F)F. The van der Waals surface area contributed by atoms with E-state index in [1.807, 2.05) is 0 Å². The van der Waals surface area contributed by atoms with Crippen LogP contribution in [0.1, 0.15) is 48.2 Å². The molecule has 1 aliphatic heterocycles. The molecule has 0 saturated carbocycles. The van der Waals surface area contributed by atoms with E-state index in [4.69, 9.17) is 9.47 Å². The van der Waals surface area contributed by atoms with Crippen molar-refractivity contribution in [2.24, 2.45) is 5.92 Å². The van der Waals surface area contributed by atoms with E-state index in [-0.39, 0.29) is 41.3 Å². The first kappa shape index (κ1) is 27.6. The van der Waals surface area contributed by atoms with Gasteiger partial charge in [-0.2, -0.15) is 13.2 Å². The lowest BCUT2D eigenvalue weighted by Gasteiger charge is -2.36. The number of carbonyl (C=O) groups excluding carboxylic acids is 3. The number of nitrogens with one attached hydrogen (secondary N) is 1. The molecule has 0 saturated heterocycles. The number of alkyl halides is 3. The smallest absolute Gasteiger partial charge is 0.393 e. The zero-order valence-electron chi connectivity index (χ0n) is 20.6. The van der Waals surface area contributed by atoms with Crippen molar-refractivity contribution in [3.05, 3.63) is 88.5 Å². The second-order valence-corrected chi connectivity index (χ2v) is 8.28. The van der Waals surface area contributed by atoms with Gasteiger partial charge in [-0.15, -0.1) is 0 Å². The monoisotopic (exact) mass is 516 g/mol. The van der Waals surface area contributed by atoms with Crippen molar-refractivity contribution in [2.75, 3.05) is 13.2 Å². The molecule has 3 rings (SSSR count). The Morgan fingerprint density at radius 3 is 2.30 bits per heavy atom.